The van der Waals surface area contributed by atoms with Crippen LogP contribution in [0.4, 0.5) is 0 Å². The lowest BCUT2D eigenvalue weighted by Gasteiger charge is -2.09. The minimum atomic E-state index is 0.534. The van der Waals surface area contributed by atoms with Crippen molar-refractivity contribution in [3.63, 3.8) is 0 Å². The summed E-state index contributed by atoms with van der Waals surface area (Å²) >= 11 is 0. The highest BCUT2D eigenvalue weighted by Gasteiger charge is 2.13. The normalized spacial score (nSPS) is 21.3. The topological polar surface area (TPSA) is 47.0 Å². The van der Waals surface area contributed by atoms with E-state index in [-0.39, 0.29) is 0 Å². The van der Waals surface area contributed by atoms with Crippen LogP contribution in [0.5, 0.6) is 0 Å². The maximum Gasteiger partial charge on any atom is 0.0904 e. The molecule has 1 saturated heterocycles. The maximum absolute atomic E-state index is 5.54. The van der Waals surface area contributed by atoms with Gasteiger partial charge in [-0.1, -0.05) is 0 Å². The van der Waals surface area contributed by atoms with Gasteiger partial charge in [0, 0.05) is 18.4 Å². The molecule has 0 bridgehead atoms. The molecule has 1 aliphatic heterocycles. The predicted molar refractivity (Wildman–Crippen MR) is 52.7 cm³/mol. The van der Waals surface area contributed by atoms with E-state index in [1.54, 1.807) is 18.6 Å². The Hall–Kier alpha value is -1.00. The van der Waals surface area contributed by atoms with Crippen molar-refractivity contribution < 1.29 is 4.74 Å². The Balaban J connectivity index is 1.67. The van der Waals surface area contributed by atoms with Gasteiger partial charge in [-0.3, -0.25) is 9.97 Å². The van der Waals surface area contributed by atoms with E-state index in [4.69, 9.17) is 4.74 Å². The van der Waals surface area contributed by atoms with Crippen LogP contribution in [0.1, 0.15) is 18.5 Å². The average molecular weight is 193 g/mol. The van der Waals surface area contributed by atoms with Crippen molar-refractivity contribution in [1.29, 1.82) is 0 Å². The summed E-state index contributed by atoms with van der Waals surface area (Å²) in [6, 6.07) is 0.534. The Bertz CT molecular complexity index is 259. The molecule has 1 aromatic heterocycles. The molecule has 0 unspecified atom stereocenters. The van der Waals surface area contributed by atoms with E-state index in [1.165, 1.54) is 12.8 Å². The van der Waals surface area contributed by atoms with E-state index in [9.17, 15) is 0 Å². The van der Waals surface area contributed by atoms with Gasteiger partial charge >= 0.3 is 0 Å². The second-order valence-corrected chi connectivity index (χ2v) is 3.51. The second kappa shape index (κ2) is 5.02. The number of hydrogen-bond donors (Lipinski definition) is 1. The summed E-state index contributed by atoms with van der Waals surface area (Å²) in [5, 5.41) is 3.38. The van der Waals surface area contributed by atoms with Crippen LogP contribution in [-0.4, -0.2) is 29.2 Å². The number of rotatable bonds is 4. The van der Waals surface area contributed by atoms with Gasteiger partial charge in [0.25, 0.3) is 0 Å². The molecule has 0 saturated carbocycles. The summed E-state index contributed by atoms with van der Waals surface area (Å²) in [5.74, 6) is 0. The first-order valence-electron chi connectivity index (χ1n) is 5.01. The van der Waals surface area contributed by atoms with E-state index in [1.807, 2.05) is 0 Å². The molecule has 76 valence electrons. The van der Waals surface area contributed by atoms with Crippen molar-refractivity contribution in [2.75, 3.05) is 13.2 Å². The van der Waals surface area contributed by atoms with Gasteiger partial charge in [-0.15, -0.1) is 0 Å². The third-order valence-corrected chi connectivity index (χ3v) is 2.35. The van der Waals surface area contributed by atoms with Crippen molar-refractivity contribution in [3.8, 4) is 0 Å². The molecule has 0 amide bonds. The monoisotopic (exact) mass is 193 g/mol. The molecule has 1 aromatic rings. The zero-order valence-electron chi connectivity index (χ0n) is 8.15. The van der Waals surface area contributed by atoms with Crippen LogP contribution in [0.2, 0.25) is 0 Å². The molecule has 2 heterocycles. The molecule has 0 aliphatic carbocycles. The van der Waals surface area contributed by atoms with Gasteiger partial charge in [0.05, 0.1) is 25.1 Å². The Morgan fingerprint density at radius 2 is 2.50 bits per heavy atom. The smallest absolute Gasteiger partial charge is 0.0904 e. The van der Waals surface area contributed by atoms with Gasteiger partial charge in [0.1, 0.15) is 0 Å². The Morgan fingerprint density at radius 1 is 1.50 bits per heavy atom. The van der Waals surface area contributed by atoms with Crippen molar-refractivity contribution >= 4 is 0 Å². The van der Waals surface area contributed by atoms with E-state index in [0.717, 1.165) is 18.8 Å². The highest BCUT2D eigenvalue weighted by atomic mass is 16.5. The predicted octanol–water partition coefficient (Wildman–Crippen LogP) is 0.745. The SMILES string of the molecule is c1cnc(COC[C@H]2CCCN2)cn1. The molecule has 1 fully saturated rings. The standard InChI is InChI=1S/C10H15N3O/c1-2-9(12-3-1)7-14-8-10-6-11-4-5-13-10/h4-6,9,12H,1-3,7-8H2/t9-/m1/s1. The molecule has 4 nitrogen and oxygen atoms in total. The van der Waals surface area contributed by atoms with Crippen LogP contribution < -0.4 is 5.32 Å². The highest BCUT2D eigenvalue weighted by Crippen LogP contribution is 2.05. The molecule has 14 heavy (non-hydrogen) atoms. The lowest BCUT2D eigenvalue weighted by atomic mass is 10.2. The van der Waals surface area contributed by atoms with Crippen LogP contribution in [0.25, 0.3) is 0 Å². The van der Waals surface area contributed by atoms with Crippen LogP contribution >= 0.6 is 0 Å². The van der Waals surface area contributed by atoms with E-state index >= 15 is 0 Å². The van der Waals surface area contributed by atoms with E-state index < -0.39 is 0 Å². The van der Waals surface area contributed by atoms with Crippen LogP contribution in [0.3, 0.4) is 0 Å². The van der Waals surface area contributed by atoms with Gasteiger partial charge in [-0.2, -0.15) is 0 Å². The van der Waals surface area contributed by atoms with Crippen molar-refractivity contribution in [3.05, 3.63) is 24.3 Å². The summed E-state index contributed by atoms with van der Waals surface area (Å²) in [4.78, 5) is 8.11. The Morgan fingerprint density at radius 3 is 3.21 bits per heavy atom. The molecular weight excluding hydrogens is 178 g/mol. The van der Waals surface area contributed by atoms with E-state index in [2.05, 4.69) is 15.3 Å². The minimum absolute atomic E-state index is 0.534. The average Bonchev–Trinajstić information content (AvgIpc) is 2.72. The fraction of sp³-hybridized carbons (Fsp3) is 0.600. The second-order valence-electron chi connectivity index (χ2n) is 3.51. The first-order valence-corrected chi connectivity index (χ1v) is 5.01. The summed E-state index contributed by atoms with van der Waals surface area (Å²) in [5.41, 5.74) is 0.894. The lowest BCUT2D eigenvalue weighted by Crippen LogP contribution is -2.26. The molecular formula is C10H15N3O. The third kappa shape index (κ3) is 2.75. The Kier molecular flexibility index (Phi) is 3.43. The third-order valence-electron chi connectivity index (χ3n) is 2.35. The largest absolute Gasteiger partial charge is 0.373 e. The van der Waals surface area contributed by atoms with Crippen LogP contribution in [0, 0.1) is 0 Å². The lowest BCUT2D eigenvalue weighted by molar-refractivity contribution is 0.101. The first-order chi connectivity index (χ1) is 6.95. The van der Waals surface area contributed by atoms with Gasteiger partial charge in [-0.05, 0) is 19.4 Å². The van der Waals surface area contributed by atoms with Crippen molar-refractivity contribution in [1.82, 2.24) is 15.3 Å². The fourth-order valence-corrected chi connectivity index (χ4v) is 1.61. The quantitative estimate of drug-likeness (QED) is 0.766. The van der Waals surface area contributed by atoms with Crippen molar-refractivity contribution in [2.45, 2.75) is 25.5 Å². The van der Waals surface area contributed by atoms with Gasteiger partial charge in [0.15, 0.2) is 0 Å². The molecule has 1 atom stereocenters. The molecule has 1 N–H and O–H groups in total. The summed E-state index contributed by atoms with van der Waals surface area (Å²) in [7, 11) is 0. The molecule has 0 spiro atoms. The van der Waals surface area contributed by atoms with E-state index in [0.29, 0.717) is 12.6 Å². The minimum Gasteiger partial charge on any atom is -0.373 e. The summed E-state index contributed by atoms with van der Waals surface area (Å²) < 4.78 is 5.54. The number of ether oxygens (including phenoxy) is 1. The van der Waals surface area contributed by atoms with Gasteiger partial charge in [0.2, 0.25) is 0 Å². The zero-order chi connectivity index (χ0) is 9.64. The number of aromatic nitrogens is 2. The highest BCUT2D eigenvalue weighted by molar-refractivity contribution is 4.92. The number of hydrogen-bond acceptors (Lipinski definition) is 4. The Labute approximate surface area is 83.7 Å². The molecule has 0 aromatic carbocycles. The number of nitrogens with one attached hydrogen (secondary N) is 1. The van der Waals surface area contributed by atoms with Crippen molar-refractivity contribution in [2.24, 2.45) is 0 Å². The van der Waals surface area contributed by atoms with Crippen LogP contribution in [0.15, 0.2) is 18.6 Å². The zero-order valence-corrected chi connectivity index (χ0v) is 8.15. The van der Waals surface area contributed by atoms with Crippen LogP contribution in [-0.2, 0) is 11.3 Å². The molecule has 2 rings (SSSR count). The molecule has 0 radical (unpaired) electrons. The maximum atomic E-state index is 5.54. The molecule has 4 heteroatoms. The number of nitrogens with zero attached hydrogens (tertiary/aromatic N) is 2. The summed E-state index contributed by atoms with van der Waals surface area (Å²) in [6.07, 6.45) is 7.58. The van der Waals surface area contributed by atoms with Gasteiger partial charge in [-0.25, -0.2) is 0 Å². The van der Waals surface area contributed by atoms with Gasteiger partial charge < -0.3 is 10.1 Å². The fourth-order valence-electron chi connectivity index (χ4n) is 1.61. The molecule has 1 aliphatic rings. The first kappa shape index (κ1) is 9.55. The summed E-state index contributed by atoms with van der Waals surface area (Å²) in [6.45, 7) is 2.46.